The number of aromatic amines is 1. The Morgan fingerprint density at radius 3 is 2.46 bits per heavy atom. The number of carbonyl (C=O) groups is 2. The minimum atomic E-state index is -4.83. The van der Waals surface area contributed by atoms with Crippen molar-refractivity contribution in [3.8, 4) is 0 Å². The van der Waals surface area contributed by atoms with Crippen LogP contribution in [0.3, 0.4) is 0 Å². The number of hydrogen-bond donors (Lipinski definition) is 5. The summed E-state index contributed by atoms with van der Waals surface area (Å²) in [4.78, 5) is 56.3. The van der Waals surface area contributed by atoms with Gasteiger partial charge in [-0.15, -0.1) is 0 Å². The van der Waals surface area contributed by atoms with E-state index < -0.39 is 69.1 Å². The molecule has 2 heterocycles. The standard InChI is InChI=1S/C13H18N3O11P/c17-7-3-10(16-2-1-9(18)14-13(16)23)27-8(7)6-26-28(24,25)15(4-11(19)20)5-12(21)22/h1-2,7-8,10,17H,3-6H2,(H,19,20)(H,21,22)(H,24,25)(H,14,18,23)/t7-,8+,10+/m0/s1. The number of H-pyrrole nitrogens is 1. The highest BCUT2D eigenvalue weighted by atomic mass is 31.2. The van der Waals surface area contributed by atoms with E-state index in [1.54, 1.807) is 0 Å². The molecule has 1 aromatic rings. The second-order valence-corrected chi connectivity index (χ2v) is 7.65. The maximum absolute atomic E-state index is 12.2. The summed E-state index contributed by atoms with van der Waals surface area (Å²) in [7, 11) is -4.83. The molecule has 1 unspecified atom stereocenters. The molecule has 0 bridgehead atoms. The van der Waals surface area contributed by atoms with Gasteiger partial charge in [0.25, 0.3) is 5.56 Å². The number of aliphatic carboxylic acids is 2. The maximum atomic E-state index is 12.2. The fourth-order valence-electron chi connectivity index (χ4n) is 2.49. The highest BCUT2D eigenvalue weighted by Gasteiger charge is 2.39. The number of ether oxygens (including phenoxy) is 1. The van der Waals surface area contributed by atoms with Crippen LogP contribution in [0.25, 0.3) is 0 Å². The lowest BCUT2D eigenvalue weighted by molar-refractivity contribution is -0.140. The van der Waals surface area contributed by atoms with Crippen LogP contribution in [0.5, 0.6) is 0 Å². The van der Waals surface area contributed by atoms with Crippen molar-refractivity contribution >= 4 is 19.7 Å². The Hall–Kier alpha value is -2.35. The highest BCUT2D eigenvalue weighted by molar-refractivity contribution is 7.50. The molecule has 0 spiro atoms. The Labute approximate surface area is 156 Å². The normalized spacial score (nSPS) is 24.2. The van der Waals surface area contributed by atoms with Gasteiger partial charge in [-0.25, -0.2) is 9.36 Å². The molecule has 0 aromatic carbocycles. The molecule has 4 atom stereocenters. The SMILES string of the molecule is O=C(O)CN(CC(=O)O)P(=O)(O)OC[C@H]1O[C@@H](n2ccc(=O)[nH]c2=O)C[C@@H]1O. The van der Waals surface area contributed by atoms with E-state index >= 15 is 0 Å². The van der Waals surface area contributed by atoms with E-state index in [9.17, 15) is 33.7 Å². The van der Waals surface area contributed by atoms with Crippen molar-refractivity contribution in [2.24, 2.45) is 0 Å². The van der Waals surface area contributed by atoms with Crippen molar-refractivity contribution < 1.29 is 43.6 Å². The number of aliphatic hydroxyl groups excluding tert-OH is 1. The van der Waals surface area contributed by atoms with E-state index in [1.807, 2.05) is 4.98 Å². The lowest BCUT2D eigenvalue weighted by Gasteiger charge is -2.25. The van der Waals surface area contributed by atoms with Crippen molar-refractivity contribution in [1.29, 1.82) is 0 Å². The van der Waals surface area contributed by atoms with E-state index in [0.29, 0.717) is 0 Å². The van der Waals surface area contributed by atoms with E-state index in [4.69, 9.17) is 19.5 Å². The van der Waals surface area contributed by atoms with Gasteiger partial charge < -0.3 is 24.9 Å². The molecule has 0 aliphatic carbocycles. The van der Waals surface area contributed by atoms with Crippen LogP contribution in [-0.2, 0) is 23.4 Å². The predicted octanol–water partition coefficient (Wildman–Crippen LogP) is -2.23. The predicted molar refractivity (Wildman–Crippen MR) is 88.5 cm³/mol. The van der Waals surface area contributed by atoms with Crippen LogP contribution in [0, 0.1) is 0 Å². The molecule has 1 aliphatic rings. The molecular formula is C13H18N3O11P. The average Bonchev–Trinajstić information content (AvgIpc) is 2.92. The van der Waals surface area contributed by atoms with Gasteiger partial charge in [0, 0.05) is 18.7 Å². The lowest BCUT2D eigenvalue weighted by atomic mass is 10.2. The minimum absolute atomic E-state index is 0.0936. The van der Waals surface area contributed by atoms with Gasteiger partial charge in [0.05, 0.1) is 12.7 Å². The van der Waals surface area contributed by atoms with Crippen LogP contribution in [0.15, 0.2) is 21.9 Å². The van der Waals surface area contributed by atoms with Crippen molar-refractivity contribution in [2.45, 2.75) is 24.9 Å². The summed E-state index contributed by atoms with van der Waals surface area (Å²) in [6.07, 6.45) is -2.30. The first-order valence-corrected chi connectivity index (χ1v) is 9.34. The van der Waals surface area contributed by atoms with E-state index in [2.05, 4.69) is 0 Å². The van der Waals surface area contributed by atoms with Crippen molar-refractivity contribution in [2.75, 3.05) is 19.7 Å². The molecule has 15 heteroatoms. The molecular weight excluding hydrogens is 405 g/mol. The smallest absolute Gasteiger partial charge is 0.406 e. The van der Waals surface area contributed by atoms with Gasteiger partial charge in [-0.2, -0.15) is 4.67 Å². The lowest BCUT2D eigenvalue weighted by Crippen LogP contribution is -2.34. The number of carboxylic acids is 2. The second kappa shape index (κ2) is 8.77. The average molecular weight is 423 g/mol. The number of carboxylic acid groups (broad SMARTS) is 2. The molecule has 1 aromatic heterocycles. The van der Waals surface area contributed by atoms with Crippen LogP contribution in [0.1, 0.15) is 12.6 Å². The first-order valence-electron chi connectivity index (χ1n) is 7.81. The number of hydrogen-bond acceptors (Lipinski definition) is 8. The van der Waals surface area contributed by atoms with E-state index in [-0.39, 0.29) is 11.1 Å². The monoisotopic (exact) mass is 423 g/mol. The summed E-state index contributed by atoms with van der Waals surface area (Å²) in [5.74, 6) is -3.09. The summed E-state index contributed by atoms with van der Waals surface area (Å²) in [6.45, 7) is -2.81. The summed E-state index contributed by atoms with van der Waals surface area (Å²) >= 11 is 0. The first kappa shape index (κ1) is 21.9. The molecule has 0 amide bonds. The quantitative estimate of drug-likeness (QED) is 0.267. The summed E-state index contributed by atoms with van der Waals surface area (Å²) in [5.41, 5.74) is -1.41. The molecule has 0 radical (unpaired) electrons. The molecule has 156 valence electrons. The number of aliphatic hydroxyl groups is 1. The Kier molecular flexibility index (Phi) is 6.87. The summed E-state index contributed by atoms with van der Waals surface area (Å²) in [6, 6.07) is 1.07. The highest BCUT2D eigenvalue weighted by Crippen LogP contribution is 2.46. The third kappa shape index (κ3) is 5.58. The Morgan fingerprint density at radius 1 is 1.32 bits per heavy atom. The van der Waals surface area contributed by atoms with Crippen LogP contribution in [0.2, 0.25) is 0 Å². The Bertz CT molecular complexity index is 880. The molecule has 2 rings (SSSR count). The third-order valence-electron chi connectivity index (χ3n) is 3.77. The zero-order chi connectivity index (χ0) is 21.1. The van der Waals surface area contributed by atoms with E-state index in [0.717, 1.165) is 16.8 Å². The van der Waals surface area contributed by atoms with Crippen LogP contribution < -0.4 is 11.2 Å². The maximum Gasteiger partial charge on any atom is 0.406 e. The molecule has 1 saturated heterocycles. The molecule has 0 saturated carbocycles. The van der Waals surface area contributed by atoms with Gasteiger partial charge >= 0.3 is 25.4 Å². The summed E-state index contributed by atoms with van der Waals surface area (Å²) < 4.78 is 23.6. The molecule has 1 fully saturated rings. The molecule has 14 nitrogen and oxygen atoms in total. The van der Waals surface area contributed by atoms with Gasteiger partial charge in [-0.3, -0.25) is 28.5 Å². The number of nitrogens with zero attached hydrogens (tertiary/aromatic N) is 2. The summed E-state index contributed by atoms with van der Waals surface area (Å²) in [5, 5.41) is 27.5. The zero-order valence-electron chi connectivity index (χ0n) is 14.2. The number of rotatable bonds is 9. The number of aromatic nitrogens is 2. The van der Waals surface area contributed by atoms with Crippen LogP contribution in [-0.4, -0.2) is 78.3 Å². The fourth-order valence-corrected chi connectivity index (χ4v) is 3.59. The molecule has 28 heavy (non-hydrogen) atoms. The topological polar surface area (TPSA) is 209 Å². The largest absolute Gasteiger partial charge is 0.480 e. The minimum Gasteiger partial charge on any atom is -0.480 e. The molecule has 1 aliphatic heterocycles. The second-order valence-electron chi connectivity index (χ2n) is 5.85. The van der Waals surface area contributed by atoms with Gasteiger partial charge in [-0.1, -0.05) is 0 Å². The van der Waals surface area contributed by atoms with Crippen LogP contribution in [0.4, 0.5) is 0 Å². The van der Waals surface area contributed by atoms with E-state index in [1.165, 1.54) is 0 Å². The van der Waals surface area contributed by atoms with Crippen molar-refractivity contribution in [3.63, 3.8) is 0 Å². The van der Waals surface area contributed by atoms with Crippen molar-refractivity contribution in [3.05, 3.63) is 33.1 Å². The van der Waals surface area contributed by atoms with Crippen LogP contribution >= 0.6 is 7.75 Å². The van der Waals surface area contributed by atoms with Gasteiger partial charge in [-0.05, 0) is 0 Å². The Balaban J connectivity index is 2.05. The zero-order valence-corrected chi connectivity index (χ0v) is 15.1. The van der Waals surface area contributed by atoms with Crippen molar-refractivity contribution in [1.82, 2.24) is 14.2 Å². The van der Waals surface area contributed by atoms with Gasteiger partial charge in [0.2, 0.25) is 0 Å². The molecule has 5 N–H and O–H groups in total. The first-order chi connectivity index (χ1) is 13.0. The third-order valence-corrected chi connectivity index (χ3v) is 5.25. The van der Waals surface area contributed by atoms with Gasteiger partial charge in [0.1, 0.15) is 25.4 Å². The van der Waals surface area contributed by atoms with Gasteiger partial charge in [0.15, 0.2) is 0 Å². The Morgan fingerprint density at radius 2 is 1.93 bits per heavy atom. The fraction of sp³-hybridized carbons (Fsp3) is 0.538. The number of nitrogens with one attached hydrogen (secondary N) is 1.